The highest BCUT2D eigenvalue weighted by molar-refractivity contribution is 5.60. The fraction of sp³-hybridized carbons (Fsp3) is 0.211. The second kappa shape index (κ2) is 7.08. The zero-order chi connectivity index (χ0) is 16.9. The first-order chi connectivity index (χ1) is 11.6. The van der Waals surface area contributed by atoms with E-state index >= 15 is 0 Å². The van der Waals surface area contributed by atoms with Gasteiger partial charge in [-0.15, -0.1) is 0 Å². The summed E-state index contributed by atoms with van der Waals surface area (Å²) < 4.78 is 0. The van der Waals surface area contributed by atoms with Gasteiger partial charge in [0, 0.05) is 30.7 Å². The summed E-state index contributed by atoms with van der Waals surface area (Å²) in [4.78, 5) is 13.0. The van der Waals surface area contributed by atoms with Crippen molar-refractivity contribution < 1.29 is 0 Å². The number of nitrogens with one attached hydrogen (secondary N) is 2. The van der Waals surface area contributed by atoms with E-state index in [1.807, 2.05) is 31.3 Å². The highest BCUT2D eigenvalue weighted by Gasteiger charge is 2.04. The van der Waals surface area contributed by atoms with Crippen molar-refractivity contribution in [2.24, 2.45) is 0 Å². The second-order valence-electron chi connectivity index (χ2n) is 5.82. The van der Waals surface area contributed by atoms with Crippen molar-refractivity contribution in [3.8, 4) is 0 Å². The zero-order valence-electron chi connectivity index (χ0n) is 14.2. The van der Waals surface area contributed by atoms with Crippen molar-refractivity contribution in [3.05, 3.63) is 71.3 Å². The van der Waals surface area contributed by atoms with Crippen LogP contribution in [0.4, 0.5) is 17.3 Å². The van der Waals surface area contributed by atoms with Crippen LogP contribution in [0.5, 0.6) is 0 Å². The maximum atomic E-state index is 4.46. The molecule has 0 fully saturated rings. The lowest BCUT2D eigenvalue weighted by Crippen LogP contribution is -2.05. The van der Waals surface area contributed by atoms with Gasteiger partial charge in [-0.1, -0.05) is 12.1 Å². The van der Waals surface area contributed by atoms with E-state index in [-0.39, 0.29) is 0 Å². The molecule has 0 amide bonds. The third kappa shape index (κ3) is 4.07. The number of nitrogens with zero attached hydrogens (tertiary/aromatic N) is 3. The average Bonchev–Trinajstić information content (AvgIpc) is 2.57. The molecular formula is C19H21N5. The SMILES string of the molecule is Cc1nc(NCc2cccnc2)cc(Nc2ccc(C)c(C)c2)n1. The number of hydrogen-bond acceptors (Lipinski definition) is 5. The number of aryl methyl sites for hydroxylation is 3. The van der Waals surface area contributed by atoms with Crippen LogP contribution in [-0.2, 0) is 6.54 Å². The van der Waals surface area contributed by atoms with E-state index in [1.54, 1.807) is 6.20 Å². The molecule has 0 saturated carbocycles. The first-order valence-corrected chi connectivity index (χ1v) is 7.93. The number of rotatable bonds is 5. The summed E-state index contributed by atoms with van der Waals surface area (Å²) in [5.41, 5.74) is 4.66. The Labute approximate surface area is 142 Å². The molecule has 5 nitrogen and oxygen atoms in total. The van der Waals surface area contributed by atoms with Crippen molar-refractivity contribution in [2.45, 2.75) is 27.3 Å². The van der Waals surface area contributed by atoms with Crippen LogP contribution in [0.15, 0.2) is 48.8 Å². The second-order valence-corrected chi connectivity index (χ2v) is 5.82. The van der Waals surface area contributed by atoms with Crippen LogP contribution in [0.25, 0.3) is 0 Å². The highest BCUT2D eigenvalue weighted by atomic mass is 15.1. The van der Waals surface area contributed by atoms with Gasteiger partial charge in [-0.05, 0) is 55.7 Å². The van der Waals surface area contributed by atoms with E-state index in [4.69, 9.17) is 0 Å². The van der Waals surface area contributed by atoms with Crippen molar-refractivity contribution >= 4 is 17.3 Å². The fourth-order valence-corrected chi connectivity index (χ4v) is 2.38. The Morgan fingerprint density at radius 2 is 1.75 bits per heavy atom. The fourth-order valence-electron chi connectivity index (χ4n) is 2.38. The zero-order valence-corrected chi connectivity index (χ0v) is 14.2. The van der Waals surface area contributed by atoms with E-state index in [1.165, 1.54) is 11.1 Å². The summed E-state index contributed by atoms with van der Waals surface area (Å²) in [5, 5.41) is 6.67. The molecule has 1 aromatic carbocycles. The minimum absolute atomic E-state index is 0.674. The van der Waals surface area contributed by atoms with E-state index < -0.39 is 0 Å². The molecule has 0 spiro atoms. The van der Waals surface area contributed by atoms with Crippen LogP contribution in [0.2, 0.25) is 0 Å². The largest absolute Gasteiger partial charge is 0.366 e. The van der Waals surface area contributed by atoms with Gasteiger partial charge >= 0.3 is 0 Å². The maximum Gasteiger partial charge on any atom is 0.136 e. The van der Waals surface area contributed by atoms with Crippen LogP contribution in [0.1, 0.15) is 22.5 Å². The van der Waals surface area contributed by atoms with Crippen molar-refractivity contribution in [2.75, 3.05) is 10.6 Å². The van der Waals surface area contributed by atoms with Gasteiger partial charge in [0.1, 0.15) is 17.5 Å². The summed E-state index contributed by atoms with van der Waals surface area (Å²) in [6.07, 6.45) is 3.61. The molecule has 0 aliphatic carbocycles. The lowest BCUT2D eigenvalue weighted by atomic mass is 10.1. The number of pyridine rings is 1. The third-order valence-corrected chi connectivity index (χ3v) is 3.81. The quantitative estimate of drug-likeness (QED) is 0.739. The van der Waals surface area contributed by atoms with Crippen LogP contribution in [0, 0.1) is 20.8 Å². The molecule has 24 heavy (non-hydrogen) atoms. The smallest absolute Gasteiger partial charge is 0.136 e. The molecule has 0 aliphatic heterocycles. The van der Waals surface area contributed by atoms with Crippen molar-refractivity contribution in [1.29, 1.82) is 0 Å². The molecule has 0 unspecified atom stereocenters. The van der Waals surface area contributed by atoms with E-state index in [2.05, 4.69) is 57.6 Å². The van der Waals surface area contributed by atoms with Crippen molar-refractivity contribution in [1.82, 2.24) is 15.0 Å². The molecule has 2 heterocycles. The summed E-state index contributed by atoms with van der Waals surface area (Å²) in [5.74, 6) is 2.29. The van der Waals surface area contributed by atoms with Crippen LogP contribution in [-0.4, -0.2) is 15.0 Å². The van der Waals surface area contributed by atoms with Crippen LogP contribution >= 0.6 is 0 Å². The molecule has 0 aliphatic rings. The van der Waals surface area contributed by atoms with E-state index in [0.29, 0.717) is 6.54 Å². The molecule has 2 aromatic heterocycles. The molecular weight excluding hydrogens is 298 g/mol. The Morgan fingerprint density at radius 3 is 2.50 bits per heavy atom. The topological polar surface area (TPSA) is 62.7 Å². The summed E-state index contributed by atoms with van der Waals surface area (Å²) >= 11 is 0. The van der Waals surface area contributed by atoms with Gasteiger partial charge in [0.05, 0.1) is 0 Å². The highest BCUT2D eigenvalue weighted by Crippen LogP contribution is 2.20. The Hall–Kier alpha value is -2.95. The van der Waals surface area contributed by atoms with Gasteiger partial charge in [0.25, 0.3) is 0 Å². The molecule has 0 bridgehead atoms. The van der Waals surface area contributed by atoms with Crippen LogP contribution < -0.4 is 10.6 Å². The van der Waals surface area contributed by atoms with Crippen LogP contribution in [0.3, 0.4) is 0 Å². The predicted octanol–water partition coefficient (Wildman–Crippen LogP) is 4.15. The minimum Gasteiger partial charge on any atom is -0.366 e. The molecule has 2 N–H and O–H groups in total. The molecule has 0 atom stereocenters. The number of hydrogen-bond donors (Lipinski definition) is 2. The minimum atomic E-state index is 0.674. The summed E-state index contributed by atoms with van der Waals surface area (Å²) in [6.45, 7) is 6.77. The Kier molecular flexibility index (Phi) is 4.70. The molecule has 3 aromatic rings. The first-order valence-electron chi connectivity index (χ1n) is 7.93. The Bertz CT molecular complexity index is 830. The van der Waals surface area contributed by atoms with Gasteiger partial charge in [-0.3, -0.25) is 4.98 Å². The first kappa shape index (κ1) is 15.9. The maximum absolute atomic E-state index is 4.46. The molecule has 3 rings (SSSR count). The number of benzene rings is 1. The number of aromatic nitrogens is 3. The predicted molar refractivity (Wildman–Crippen MR) is 97.5 cm³/mol. The lowest BCUT2D eigenvalue weighted by molar-refractivity contribution is 1.02. The third-order valence-electron chi connectivity index (χ3n) is 3.81. The molecule has 122 valence electrons. The van der Waals surface area contributed by atoms with Crippen molar-refractivity contribution in [3.63, 3.8) is 0 Å². The average molecular weight is 319 g/mol. The Balaban J connectivity index is 1.74. The van der Waals surface area contributed by atoms with Gasteiger partial charge in [0.15, 0.2) is 0 Å². The summed E-state index contributed by atoms with van der Waals surface area (Å²) in [6, 6.07) is 12.2. The van der Waals surface area contributed by atoms with Gasteiger partial charge in [0.2, 0.25) is 0 Å². The van der Waals surface area contributed by atoms with E-state index in [9.17, 15) is 0 Å². The number of anilines is 3. The normalized spacial score (nSPS) is 10.5. The molecule has 0 saturated heterocycles. The molecule has 5 heteroatoms. The lowest BCUT2D eigenvalue weighted by Gasteiger charge is -2.11. The van der Waals surface area contributed by atoms with Gasteiger partial charge < -0.3 is 10.6 Å². The Morgan fingerprint density at radius 1 is 0.917 bits per heavy atom. The standard InChI is InChI=1S/C19H21N5/c1-13-6-7-17(9-14(13)2)24-19-10-18(22-15(3)23-19)21-12-16-5-4-8-20-11-16/h4-11H,12H2,1-3H3,(H2,21,22,23,24). The van der Waals surface area contributed by atoms with Gasteiger partial charge in [-0.2, -0.15) is 0 Å². The monoisotopic (exact) mass is 319 g/mol. The van der Waals surface area contributed by atoms with E-state index in [0.717, 1.165) is 28.7 Å². The summed E-state index contributed by atoms with van der Waals surface area (Å²) in [7, 11) is 0. The van der Waals surface area contributed by atoms with Gasteiger partial charge in [-0.25, -0.2) is 9.97 Å². The molecule has 0 radical (unpaired) electrons.